The average Bonchev–Trinajstić information content (AvgIpc) is 1.79. The van der Waals surface area contributed by atoms with Crippen LogP contribution in [-0.4, -0.2) is 36.1 Å². The molecule has 0 bridgehead atoms. The highest BCUT2D eigenvalue weighted by molar-refractivity contribution is 7.81. The van der Waals surface area contributed by atoms with Crippen molar-refractivity contribution in [3.05, 3.63) is 0 Å². The van der Waals surface area contributed by atoms with E-state index < -0.39 is 0 Å². The summed E-state index contributed by atoms with van der Waals surface area (Å²) in [4.78, 5) is 6.23. The minimum absolute atomic E-state index is 0.460. The Kier molecular flexibility index (Phi) is 2.01. The minimum Gasteiger partial charge on any atom is -0.358 e. The predicted molar refractivity (Wildman–Crippen MR) is 42.0 cm³/mol. The number of aliphatic imine (C=N–C) groups is 1. The molecule has 1 aliphatic heterocycles. The van der Waals surface area contributed by atoms with Crippen molar-refractivity contribution in [3.8, 4) is 0 Å². The van der Waals surface area contributed by atoms with Gasteiger partial charge in [0.2, 0.25) is 0 Å². The molecule has 1 fully saturated rings. The van der Waals surface area contributed by atoms with E-state index in [2.05, 4.69) is 9.89 Å². The first-order valence-corrected chi connectivity index (χ1v) is 3.55. The van der Waals surface area contributed by atoms with Crippen molar-refractivity contribution in [3.63, 3.8) is 0 Å². The van der Waals surface area contributed by atoms with E-state index in [-0.39, 0.29) is 0 Å². The fraction of sp³-hybridized carbons (Fsp3) is 0.833. The first-order valence-electron chi connectivity index (χ1n) is 3.08. The van der Waals surface area contributed by atoms with Crippen molar-refractivity contribution in [1.29, 1.82) is 0 Å². The van der Waals surface area contributed by atoms with E-state index in [1.165, 1.54) is 0 Å². The highest BCUT2D eigenvalue weighted by atomic mass is 32.1. The van der Waals surface area contributed by atoms with Gasteiger partial charge in [-0.2, -0.15) is 0 Å². The first kappa shape index (κ1) is 6.93. The van der Waals surface area contributed by atoms with Crippen molar-refractivity contribution < 1.29 is 0 Å². The lowest BCUT2D eigenvalue weighted by molar-refractivity contribution is 0.311. The fourth-order valence-electron chi connectivity index (χ4n) is 0.844. The number of rotatable bonds is 0. The Balaban J connectivity index is 2.32. The number of amidine groups is 1. The lowest BCUT2D eigenvalue weighted by Crippen LogP contribution is -2.50. The van der Waals surface area contributed by atoms with Gasteiger partial charge in [-0.3, -0.25) is 4.99 Å². The molecular formula is C6H11N2S. The molecular weight excluding hydrogens is 132 g/mol. The van der Waals surface area contributed by atoms with Crippen LogP contribution in [0.1, 0.15) is 6.92 Å². The van der Waals surface area contributed by atoms with Gasteiger partial charge in [-0.25, -0.2) is 0 Å². The van der Waals surface area contributed by atoms with Gasteiger partial charge in [0.1, 0.15) is 0 Å². The monoisotopic (exact) mass is 143 g/mol. The van der Waals surface area contributed by atoms with Crippen LogP contribution in [0, 0.1) is 0 Å². The van der Waals surface area contributed by atoms with Gasteiger partial charge in [0, 0.05) is 20.1 Å². The molecule has 0 N–H and O–H groups in total. The Morgan fingerprint density at radius 2 is 2.22 bits per heavy atom. The Hall–Kier alpha value is -0.180. The summed E-state index contributed by atoms with van der Waals surface area (Å²) in [6.45, 7) is 4.04. The van der Waals surface area contributed by atoms with Crippen molar-refractivity contribution in [1.82, 2.24) is 4.90 Å². The van der Waals surface area contributed by atoms with Crippen molar-refractivity contribution in [2.45, 2.75) is 12.2 Å². The van der Waals surface area contributed by atoms with Gasteiger partial charge >= 0.3 is 0 Å². The van der Waals surface area contributed by atoms with Crippen LogP contribution in [-0.2, 0) is 0 Å². The zero-order valence-corrected chi connectivity index (χ0v) is 6.61. The molecule has 1 aliphatic rings. The molecule has 1 rings (SSSR count). The van der Waals surface area contributed by atoms with Crippen LogP contribution in [0.25, 0.3) is 0 Å². The van der Waals surface area contributed by atoms with Gasteiger partial charge in [-0.15, -0.1) is 0 Å². The second-order valence-corrected chi connectivity index (χ2v) is 2.96. The molecule has 0 aliphatic carbocycles. The topological polar surface area (TPSA) is 15.6 Å². The quantitative estimate of drug-likeness (QED) is 0.363. The van der Waals surface area contributed by atoms with E-state index in [9.17, 15) is 0 Å². The highest BCUT2D eigenvalue weighted by Crippen LogP contribution is 2.13. The molecule has 0 atom stereocenters. The van der Waals surface area contributed by atoms with Crippen LogP contribution in [0.5, 0.6) is 0 Å². The summed E-state index contributed by atoms with van der Waals surface area (Å²) in [5.74, 6) is 1.11. The second kappa shape index (κ2) is 2.60. The Bertz CT molecular complexity index is 127. The predicted octanol–water partition coefficient (Wildman–Crippen LogP) is 0.916. The summed E-state index contributed by atoms with van der Waals surface area (Å²) in [5.41, 5.74) is 0. The molecule has 0 amide bonds. The van der Waals surface area contributed by atoms with Crippen LogP contribution in [0.2, 0.25) is 0 Å². The lowest BCUT2D eigenvalue weighted by atomic mass is 10.2. The third-order valence-corrected chi connectivity index (χ3v) is 1.93. The maximum atomic E-state index is 5.01. The summed E-state index contributed by atoms with van der Waals surface area (Å²) in [6.07, 6.45) is 0. The molecule has 0 aromatic rings. The fourth-order valence-corrected chi connectivity index (χ4v) is 1.20. The van der Waals surface area contributed by atoms with E-state index in [1.807, 2.05) is 14.0 Å². The van der Waals surface area contributed by atoms with Crippen LogP contribution in [0.15, 0.2) is 4.99 Å². The summed E-state index contributed by atoms with van der Waals surface area (Å²) in [7, 11) is 1.81. The van der Waals surface area contributed by atoms with Crippen molar-refractivity contribution >= 4 is 18.5 Å². The van der Waals surface area contributed by atoms with Crippen LogP contribution in [0.3, 0.4) is 0 Å². The Labute approximate surface area is 61.4 Å². The summed E-state index contributed by atoms with van der Waals surface area (Å²) >= 11 is 5.01. The molecule has 0 aromatic heterocycles. The molecule has 0 spiro atoms. The second-order valence-electron chi connectivity index (χ2n) is 2.30. The van der Waals surface area contributed by atoms with Crippen LogP contribution >= 0.6 is 12.6 Å². The summed E-state index contributed by atoms with van der Waals surface area (Å²) < 4.78 is 0. The van der Waals surface area contributed by atoms with Gasteiger partial charge < -0.3 is 4.90 Å². The molecule has 0 saturated carbocycles. The normalized spacial score (nSPS) is 22.1. The molecule has 1 radical (unpaired) electrons. The van der Waals surface area contributed by atoms with Gasteiger partial charge in [-0.05, 0) is 6.92 Å². The zero-order valence-electron chi connectivity index (χ0n) is 5.79. The minimum atomic E-state index is 0.460. The molecule has 3 heteroatoms. The third kappa shape index (κ3) is 1.39. The van der Waals surface area contributed by atoms with Crippen LogP contribution < -0.4 is 0 Å². The molecule has 0 unspecified atom stereocenters. The van der Waals surface area contributed by atoms with E-state index >= 15 is 0 Å². The largest absolute Gasteiger partial charge is 0.358 e. The molecule has 2 nitrogen and oxygen atoms in total. The van der Waals surface area contributed by atoms with E-state index in [0.29, 0.717) is 5.25 Å². The Morgan fingerprint density at radius 3 is 2.56 bits per heavy atom. The molecule has 1 heterocycles. The van der Waals surface area contributed by atoms with E-state index in [0.717, 1.165) is 18.9 Å². The standard InChI is InChI=1S/C6H11N2S/c1-5(7-2)8-3-6(9)4-8/h6H,3-4H2,1-2H3. The first-order chi connectivity index (χ1) is 4.24. The highest BCUT2D eigenvalue weighted by Gasteiger charge is 2.23. The van der Waals surface area contributed by atoms with Crippen molar-refractivity contribution in [2.24, 2.45) is 4.99 Å². The average molecular weight is 143 g/mol. The van der Waals surface area contributed by atoms with E-state index in [4.69, 9.17) is 12.6 Å². The maximum absolute atomic E-state index is 5.01. The van der Waals surface area contributed by atoms with E-state index in [1.54, 1.807) is 0 Å². The maximum Gasteiger partial charge on any atom is 0.0954 e. The number of likely N-dealkylation sites (tertiary alicyclic amines) is 1. The zero-order chi connectivity index (χ0) is 6.85. The van der Waals surface area contributed by atoms with Gasteiger partial charge in [0.05, 0.1) is 11.1 Å². The summed E-state index contributed by atoms with van der Waals surface area (Å²) in [6, 6.07) is 0. The molecule has 51 valence electrons. The smallest absolute Gasteiger partial charge is 0.0954 e. The third-order valence-electron chi connectivity index (χ3n) is 1.63. The van der Waals surface area contributed by atoms with Gasteiger partial charge in [0.15, 0.2) is 0 Å². The molecule has 9 heavy (non-hydrogen) atoms. The number of nitrogens with zero attached hydrogens (tertiary/aromatic N) is 2. The SMILES string of the molecule is CN=C(C)N1CC([S])C1. The number of hydrogen-bond acceptors (Lipinski definition) is 1. The lowest BCUT2D eigenvalue weighted by Gasteiger charge is -2.37. The Morgan fingerprint density at radius 1 is 1.67 bits per heavy atom. The van der Waals surface area contributed by atoms with Gasteiger partial charge in [0.25, 0.3) is 0 Å². The summed E-state index contributed by atoms with van der Waals surface area (Å²) in [5, 5.41) is 0.460. The molecule has 0 aromatic carbocycles. The number of hydrogen-bond donors (Lipinski definition) is 0. The van der Waals surface area contributed by atoms with Crippen LogP contribution in [0.4, 0.5) is 0 Å². The molecule has 1 saturated heterocycles. The van der Waals surface area contributed by atoms with Gasteiger partial charge in [-0.1, -0.05) is 12.6 Å². The van der Waals surface area contributed by atoms with Crippen molar-refractivity contribution in [2.75, 3.05) is 20.1 Å².